The summed E-state index contributed by atoms with van der Waals surface area (Å²) in [4.78, 5) is 3.90. The lowest BCUT2D eigenvalue weighted by Gasteiger charge is -2.43. The Morgan fingerprint density at radius 1 is 1.09 bits per heavy atom. The second kappa shape index (κ2) is 10.6. The molecule has 2 aliphatic rings. The van der Waals surface area contributed by atoms with E-state index in [0.717, 1.165) is 41.9 Å². The molecular weight excluding hydrogens is 445 g/mol. The Kier molecular flexibility index (Phi) is 7.82. The second-order valence-electron chi connectivity index (χ2n) is 9.53. The molecule has 2 N–H and O–H groups in total. The van der Waals surface area contributed by atoms with Crippen molar-refractivity contribution in [3.8, 4) is 5.75 Å². The van der Waals surface area contributed by atoms with Crippen molar-refractivity contribution in [2.24, 2.45) is 5.92 Å². The standard InChI is InChI=1S/C26H33F3N2O3/c1-18-10-22-11-19(15-32)2-7-24(22)25(31(18)16-26(28,29)17-33)21-3-5-23(6-4-21)34-9-8-30-13-20(12-27)14-30/h2-7,11,18,20,25,32-33H,8-10,12-17H2,1H3/t18-,25-/m1/s1. The molecule has 5 nitrogen and oxygen atoms in total. The monoisotopic (exact) mass is 478 g/mol. The van der Waals surface area contributed by atoms with Crippen molar-refractivity contribution < 1.29 is 28.1 Å². The Bertz CT molecular complexity index is 951. The molecule has 2 atom stereocenters. The third-order valence-corrected chi connectivity index (χ3v) is 6.87. The fourth-order valence-corrected chi connectivity index (χ4v) is 5.00. The number of ether oxygens (including phenoxy) is 1. The summed E-state index contributed by atoms with van der Waals surface area (Å²) in [5, 5.41) is 18.7. The first-order valence-corrected chi connectivity index (χ1v) is 11.8. The average molecular weight is 479 g/mol. The molecule has 2 aliphatic heterocycles. The average Bonchev–Trinajstić information content (AvgIpc) is 2.81. The molecule has 0 bridgehead atoms. The minimum atomic E-state index is -3.21. The van der Waals surface area contributed by atoms with Gasteiger partial charge in [-0.2, -0.15) is 0 Å². The highest BCUT2D eigenvalue weighted by molar-refractivity contribution is 5.43. The number of aliphatic hydroxyl groups excluding tert-OH is 2. The third-order valence-electron chi connectivity index (χ3n) is 6.87. The van der Waals surface area contributed by atoms with Gasteiger partial charge in [0.2, 0.25) is 0 Å². The number of nitrogens with zero attached hydrogens (tertiary/aromatic N) is 2. The Hall–Kier alpha value is -2.13. The zero-order valence-corrected chi connectivity index (χ0v) is 19.5. The van der Waals surface area contributed by atoms with Crippen LogP contribution in [0, 0.1) is 5.92 Å². The van der Waals surface area contributed by atoms with Gasteiger partial charge in [0.1, 0.15) is 19.0 Å². The maximum absolute atomic E-state index is 14.3. The first-order valence-electron chi connectivity index (χ1n) is 11.8. The highest BCUT2D eigenvalue weighted by Crippen LogP contribution is 2.40. The third kappa shape index (κ3) is 5.57. The summed E-state index contributed by atoms with van der Waals surface area (Å²) < 4.78 is 46.9. The molecule has 0 aromatic heterocycles. The first-order chi connectivity index (χ1) is 16.3. The minimum Gasteiger partial charge on any atom is -0.492 e. The van der Waals surface area contributed by atoms with Gasteiger partial charge < -0.3 is 14.9 Å². The summed E-state index contributed by atoms with van der Waals surface area (Å²) in [5.41, 5.74) is 3.62. The van der Waals surface area contributed by atoms with E-state index in [1.807, 2.05) is 49.4 Å². The lowest BCUT2D eigenvalue weighted by atomic mass is 9.84. The van der Waals surface area contributed by atoms with E-state index < -0.39 is 25.1 Å². The highest BCUT2D eigenvalue weighted by atomic mass is 19.3. The van der Waals surface area contributed by atoms with Crippen molar-refractivity contribution in [3.63, 3.8) is 0 Å². The van der Waals surface area contributed by atoms with Crippen molar-refractivity contribution >= 4 is 0 Å². The van der Waals surface area contributed by atoms with Gasteiger partial charge in [0.05, 0.1) is 25.9 Å². The van der Waals surface area contributed by atoms with Crippen molar-refractivity contribution in [3.05, 3.63) is 64.7 Å². The number of fused-ring (bicyclic) bond motifs is 1. The number of alkyl halides is 3. The van der Waals surface area contributed by atoms with E-state index in [0.29, 0.717) is 18.8 Å². The van der Waals surface area contributed by atoms with E-state index >= 15 is 0 Å². The van der Waals surface area contributed by atoms with Crippen molar-refractivity contribution in [2.45, 2.75) is 38.0 Å². The van der Waals surface area contributed by atoms with E-state index in [2.05, 4.69) is 4.90 Å². The van der Waals surface area contributed by atoms with Crippen LogP contribution in [0.1, 0.15) is 35.2 Å². The van der Waals surface area contributed by atoms with E-state index in [1.54, 1.807) is 4.90 Å². The zero-order chi connectivity index (χ0) is 24.3. The van der Waals surface area contributed by atoms with Gasteiger partial charge in [-0.25, -0.2) is 8.78 Å². The Labute approximate surface area is 198 Å². The smallest absolute Gasteiger partial charge is 0.283 e. The number of hydrogen-bond donors (Lipinski definition) is 2. The predicted molar refractivity (Wildman–Crippen MR) is 124 cm³/mol. The number of rotatable bonds is 10. The molecule has 8 heteroatoms. The van der Waals surface area contributed by atoms with Crippen LogP contribution in [0.15, 0.2) is 42.5 Å². The first kappa shape index (κ1) is 25.0. The van der Waals surface area contributed by atoms with Gasteiger partial charge in [0.25, 0.3) is 5.92 Å². The summed E-state index contributed by atoms with van der Waals surface area (Å²) in [5.74, 6) is -2.37. The quantitative estimate of drug-likeness (QED) is 0.548. The van der Waals surface area contributed by atoms with Gasteiger partial charge >= 0.3 is 0 Å². The molecule has 0 aliphatic carbocycles. The van der Waals surface area contributed by atoms with Crippen molar-refractivity contribution in [2.75, 3.05) is 46.1 Å². The number of likely N-dealkylation sites (tertiary alicyclic amines) is 1. The molecule has 0 unspecified atom stereocenters. The highest BCUT2D eigenvalue weighted by Gasteiger charge is 2.40. The number of benzene rings is 2. The molecule has 0 saturated carbocycles. The molecule has 0 spiro atoms. The molecule has 0 radical (unpaired) electrons. The van der Waals surface area contributed by atoms with Crippen LogP contribution in [0.2, 0.25) is 0 Å². The molecule has 1 saturated heterocycles. The number of halogens is 3. The van der Waals surface area contributed by atoms with Crippen LogP contribution in [-0.2, 0) is 13.0 Å². The molecular formula is C26H33F3N2O3. The van der Waals surface area contributed by atoms with Crippen LogP contribution in [0.4, 0.5) is 13.2 Å². The van der Waals surface area contributed by atoms with E-state index in [1.165, 1.54) is 0 Å². The van der Waals surface area contributed by atoms with Gasteiger partial charge in [-0.15, -0.1) is 0 Å². The number of hydrogen-bond acceptors (Lipinski definition) is 5. The van der Waals surface area contributed by atoms with E-state index in [4.69, 9.17) is 4.74 Å². The van der Waals surface area contributed by atoms with Gasteiger partial charge in [-0.1, -0.05) is 30.3 Å². The van der Waals surface area contributed by atoms with Gasteiger partial charge in [0.15, 0.2) is 0 Å². The summed E-state index contributed by atoms with van der Waals surface area (Å²) in [6.45, 7) is 2.59. The molecule has 2 aromatic rings. The van der Waals surface area contributed by atoms with Crippen LogP contribution in [0.25, 0.3) is 0 Å². The summed E-state index contributed by atoms with van der Waals surface area (Å²) in [6, 6.07) is 12.6. The SMILES string of the molecule is C[C@@H]1Cc2cc(CO)ccc2[C@@H](c2ccc(OCCN3CC(CF)C3)cc2)N1CC(F)(F)CO. The maximum atomic E-state index is 14.3. The minimum absolute atomic E-state index is 0.0729. The molecule has 4 rings (SSSR count). The van der Waals surface area contributed by atoms with Gasteiger partial charge in [-0.3, -0.25) is 14.2 Å². The largest absolute Gasteiger partial charge is 0.492 e. The van der Waals surface area contributed by atoms with Gasteiger partial charge in [0, 0.05) is 31.6 Å². The van der Waals surface area contributed by atoms with Crippen LogP contribution < -0.4 is 4.74 Å². The summed E-state index contributed by atoms with van der Waals surface area (Å²) in [7, 11) is 0. The van der Waals surface area contributed by atoms with Crippen LogP contribution in [0.3, 0.4) is 0 Å². The lowest BCUT2D eigenvalue weighted by Crippen LogP contribution is -2.49. The van der Waals surface area contributed by atoms with Crippen molar-refractivity contribution in [1.82, 2.24) is 9.80 Å². The fraction of sp³-hybridized carbons (Fsp3) is 0.538. The maximum Gasteiger partial charge on any atom is 0.283 e. The molecule has 0 amide bonds. The topological polar surface area (TPSA) is 56.2 Å². The van der Waals surface area contributed by atoms with Gasteiger partial charge in [-0.05, 0) is 47.7 Å². The predicted octanol–water partition coefficient (Wildman–Crippen LogP) is 3.42. The van der Waals surface area contributed by atoms with Crippen LogP contribution >= 0.6 is 0 Å². The summed E-state index contributed by atoms with van der Waals surface area (Å²) in [6.07, 6.45) is 0.585. The molecule has 2 aromatic carbocycles. The molecule has 2 heterocycles. The Morgan fingerprint density at radius 3 is 2.47 bits per heavy atom. The lowest BCUT2D eigenvalue weighted by molar-refractivity contribution is -0.0862. The van der Waals surface area contributed by atoms with Crippen LogP contribution in [0.5, 0.6) is 5.75 Å². The second-order valence-corrected chi connectivity index (χ2v) is 9.53. The zero-order valence-electron chi connectivity index (χ0n) is 19.5. The molecule has 1 fully saturated rings. The fourth-order valence-electron chi connectivity index (χ4n) is 5.00. The Morgan fingerprint density at radius 2 is 1.82 bits per heavy atom. The normalized spacial score (nSPS) is 21.8. The number of aliphatic hydroxyl groups is 2. The van der Waals surface area contributed by atoms with Crippen molar-refractivity contribution in [1.29, 1.82) is 0 Å². The van der Waals surface area contributed by atoms with E-state index in [-0.39, 0.29) is 25.2 Å². The molecule has 34 heavy (non-hydrogen) atoms. The summed E-state index contributed by atoms with van der Waals surface area (Å²) >= 11 is 0. The van der Waals surface area contributed by atoms with E-state index in [9.17, 15) is 23.4 Å². The molecule has 186 valence electrons. The van der Waals surface area contributed by atoms with Crippen LogP contribution in [-0.4, -0.2) is 78.0 Å². The Balaban J connectivity index is 1.52.